The third-order valence-electron chi connectivity index (χ3n) is 3.46. The van der Waals surface area contributed by atoms with Gasteiger partial charge in [-0.1, -0.05) is 13.3 Å². The number of rotatable bonds is 2. The van der Waals surface area contributed by atoms with Crippen LogP contribution in [0.1, 0.15) is 43.4 Å². The molecule has 0 N–H and O–H groups in total. The van der Waals surface area contributed by atoms with Gasteiger partial charge in [0.1, 0.15) is 0 Å². The van der Waals surface area contributed by atoms with Gasteiger partial charge in [0, 0.05) is 18.4 Å². The number of nitrogens with zero attached hydrogens (tertiary/aromatic N) is 2. The lowest BCUT2D eigenvalue weighted by molar-refractivity contribution is 0.156. The van der Waals surface area contributed by atoms with E-state index in [1.807, 2.05) is 12.4 Å². The van der Waals surface area contributed by atoms with E-state index < -0.39 is 0 Å². The molecule has 15 heavy (non-hydrogen) atoms. The molecule has 1 saturated heterocycles. The van der Waals surface area contributed by atoms with Crippen LogP contribution < -0.4 is 0 Å². The van der Waals surface area contributed by atoms with Crippen LogP contribution in [0.15, 0.2) is 18.5 Å². The van der Waals surface area contributed by atoms with Gasteiger partial charge in [-0.25, -0.2) is 0 Å². The van der Waals surface area contributed by atoms with Crippen LogP contribution in [0.25, 0.3) is 0 Å². The van der Waals surface area contributed by atoms with E-state index in [2.05, 4.69) is 29.8 Å². The number of pyridine rings is 1. The molecule has 0 aliphatic carbocycles. The first-order chi connectivity index (χ1) is 7.33. The van der Waals surface area contributed by atoms with Gasteiger partial charge in [-0.2, -0.15) is 0 Å². The summed E-state index contributed by atoms with van der Waals surface area (Å²) in [6.45, 7) is 6.85. The minimum atomic E-state index is 0.609. The van der Waals surface area contributed by atoms with E-state index in [1.165, 1.54) is 36.9 Å². The normalized spacial score (nSPS) is 22.9. The van der Waals surface area contributed by atoms with E-state index in [-0.39, 0.29) is 0 Å². The summed E-state index contributed by atoms with van der Waals surface area (Å²) in [4.78, 5) is 6.84. The number of likely N-dealkylation sites (tertiary alicyclic amines) is 1. The Morgan fingerprint density at radius 1 is 1.47 bits per heavy atom. The van der Waals surface area contributed by atoms with E-state index in [1.54, 1.807) is 0 Å². The minimum absolute atomic E-state index is 0.609. The van der Waals surface area contributed by atoms with E-state index in [4.69, 9.17) is 0 Å². The highest BCUT2D eigenvalue weighted by Gasteiger charge is 2.23. The zero-order chi connectivity index (χ0) is 10.7. The van der Waals surface area contributed by atoms with Crippen molar-refractivity contribution in [2.24, 2.45) is 0 Å². The quantitative estimate of drug-likeness (QED) is 0.736. The fourth-order valence-corrected chi connectivity index (χ4v) is 2.55. The number of aryl methyl sites for hydroxylation is 1. The van der Waals surface area contributed by atoms with Crippen LogP contribution in [0.3, 0.4) is 0 Å². The number of hydrogen-bond donors (Lipinski definition) is 0. The van der Waals surface area contributed by atoms with Crippen LogP contribution in [-0.2, 0) is 0 Å². The van der Waals surface area contributed by atoms with Crippen LogP contribution in [0, 0.1) is 6.92 Å². The van der Waals surface area contributed by atoms with Crippen molar-refractivity contribution in [3.05, 3.63) is 29.6 Å². The van der Waals surface area contributed by atoms with Crippen LogP contribution >= 0.6 is 0 Å². The molecule has 0 aromatic carbocycles. The highest BCUT2D eigenvalue weighted by molar-refractivity contribution is 5.25. The summed E-state index contributed by atoms with van der Waals surface area (Å²) in [5, 5.41) is 0. The van der Waals surface area contributed by atoms with Gasteiger partial charge < -0.3 is 0 Å². The molecule has 1 aliphatic rings. The van der Waals surface area contributed by atoms with Gasteiger partial charge in [0.05, 0.1) is 0 Å². The maximum atomic E-state index is 4.26. The first-order valence-corrected chi connectivity index (χ1v) is 5.97. The van der Waals surface area contributed by atoms with E-state index >= 15 is 0 Å². The maximum absolute atomic E-state index is 4.26. The predicted molar refractivity (Wildman–Crippen MR) is 62.8 cm³/mol. The Morgan fingerprint density at radius 2 is 2.33 bits per heavy atom. The van der Waals surface area contributed by atoms with Crippen molar-refractivity contribution in [1.82, 2.24) is 9.88 Å². The van der Waals surface area contributed by atoms with Gasteiger partial charge in [-0.05, 0) is 50.0 Å². The maximum Gasteiger partial charge on any atom is 0.0365 e. The molecular formula is C13H20N2. The standard InChI is InChI=1S/C13H20N2/c1-3-15-9-5-4-6-13(15)12-10-14-8-7-11(12)2/h7-8,10,13H,3-6,9H2,1-2H3/t13-/m1/s1. The average molecular weight is 204 g/mol. The average Bonchev–Trinajstić information content (AvgIpc) is 2.30. The largest absolute Gasteiger partial charge is 0.297 e. The number of piperidine rings is 1. The van der Waals surface area contributed by atoms with Crippen molar-refractivity contribution >= 4 is 0 Å². The lowest BCUT2D eigenvalue weighted by atomic mass is 9.94. The monoisotopic (exact) mass is 204 g/mol. The summed E-state index contributed by atoms with van der Waals surface area (Å²) in [5.41, 5.74) is 2.81. The molecule has 1 aromatic heterocycles. The molecule has 0 radical (unpaired) electrons. The SMILES string of the molecule is CCN1CCCC[C@@H]1c1cnccc1C. The van der Waals surface area contributed by atoms with Crippen molar-refractivity contribution in [2.75, 3.05) is 13.1 Å². The molecule has 0 unspecified atom stereocenters. The first-order valence-electron chi connectivity index (χ1n) is 5.97. The first kappa shape index (κ1) is 10.6. The molecule has 0 spiro atoms. The molecule has 82 valence electrons. The lowest BCUT2D eigenvalue weighted by Gasteiger charge is -2.35. The predicted octanol–water partition coefficient (Wildman–Crippen LogP) is 2.94. The summed E-state index contributed by atoms with van der Waals surface area (Å²) in [6, 6.07) is 2.73. The molecule has 0 saturated carbocycles. The minimum Gasteiger partial charge on any atom is -0.297 e. The van der Waals surface area contributed by atoms with Gasteiger partial charge >= 0.3 is 0 Å². The highest BCUT2D eigenvalue weighted by atomic mass is 15.2. The second-order valence-electron chi connectivity index (χ2n) is 4.37. The van der Waals surface area contributed by atoms with Crippen molar-refractivity contribution < 1.29 is 0 Å². The van der Waals surface area contributed by atoms with Crippen LogP contribution in [0.5, 0.6) is 0 Å². The molecule has 0 bridgehead atoms. The Balaban J connectivity index is 2.24. The Bertz CT molecular complexity index is 322. The summed E-state index contributed by atoms with van der Waals surface area (Å²) in [5.74, 6) is 0. The zero-order valence-corrected chi connectivity index (χ0v) is 9.74. The smallest absolute Gasteiger partial charge is 0.0365 e. The molecular weight excluding hydrogens is 184 g/mol. The van der Waals surface area contributed by atoms with Crippen molar-refractivity contribution in [3.63, 3.8) is 0 Å². The molecule has 2 heterocycles. The van der Waals surface area contributed by atoms with E-state index in [0.29, 0.717) is 6.04 Å². The number of hydrogen-bond acceptors (Lipinski definition) is 2. The van der Waals surface area contributed by atoms with Crippen molar-refractivity contribution in [2.45, 2.75) is 39.2 Å². The second kappa shape index (κ2) is 4.75. The summed E-state index contributed by atoms with van der Waals surface area (Å²) < 4.78 is 0. The Kier molecular flexibility index (Phi) is 3.37. The Labute approximate surface area is 92.3 Å². The molecule has 0 amide bonds. The van der Waals surface area contributed by atoms with E-state index in [9.17, 15) is 0 Å². The zero-order valence-electron chi connectivity index (χ0n) is 9.74. The van der Waals surface area contributed by atoms with Gasteiger partial charge in [0.2, 0.25) is 0 Å². The molecule has 1 aromatic rings. The summed E-state index contributed by atoms with van der Waals surface area (Å²) in [6.07, 6.45) is 7.94. The molecule has 1 fully saturated rings. The molecule has 1 atom stereocenters. The second-order valence-corrected chi connectivity index (χ2v) is 4.37. The fraction of sp³-hybridized carbons (Fsp3) is 0.615. The van der Waals surface area contributed by atoms with Crippen LogP contribution in [0.4, 0.5) is 0 Å². The Morgan fingerprint density at radius 3 is 3.07 bits per heavy atom. The number of aromatic nitrogens is 1. The molecule has 2 heteroatoms. The third-order valence-corrected chi connectivity index (χ3v) is 3.46. The van der Waals surface area contributed by atoms with Gasteiger partial charge in [0.15, 0.2) is 0 Å². The summed E-state index contributed by atoms with van der Waals surface area (Å²) >= 11 is 0. The van der Waals surface area contributed by atoms with Crippen LogP contribution in [-0.4, -0.2) is 23.0 Å². The van der Waals surface area contributed by atoms with E-state index in [0.717, 1.165) is 6.54 Å². The van der Waals surface area contributed by atoms with Crippen molar-refractivity contribution in [1.29, 1.82) is 0 Å². The third kappa shape index (κ3) is 2.20. The molecule has 1 aliphatic heterocycles. The summed E-state index contributed by atoms with van der Waals surface area (Å²) in [7, 11) is 0. The highest BCUT2D eigenvalue weighted by Crippen LogP contribution is 2.31. The van der Waals surface area contributed by atoms with Gasteiger partial charge in [-0.3, -0.25) is 9.88 Å². The lowest BCUT2D eigenvalue weighted by Crippen LogP contribution is -2.33. The van der Waals surface area contributed by atoms with Gasteiger partial charge in [-0.15, -0.1) is 0 Å². The van der Waals surface area contributed by atoms with Gasteiger partial charge in [0.25, 0.3) is 0 Å². The van der Waals surface area contributed by atoms with Crippen LogP contribution in [0.2, 0.25) is 0 Å². The Hall–Kier alpha value is -0.890. The molecule has 2 nitrogen and oxygen atoms in total. The fourth-order valence-electron chi connectivity index (χ4n) is 2.55. The molecule has 2 rings (SSSR count). The topological polar surface area (TPSA) is 16.1 Å². The van der Waals surface area contributed by atoms with Crippen molar-refractivity contribution in [3.8, 4) is 0 Å².